The van der Waals surface area contributed by atoms with Crippen LogP contribution in [0.2, 0.25) is 0 Å². The maximum atomic E-state index is 12.7. The second kappa shape index (κ2) is 9.40. The predicted molar refractivity (Wildman–Crippen MR) is 111 cm³/mol. The number of hydrogen-bond acceptors (Lipinski definition) is 3. The van der Waals surface area contributed by atoms with Crippen molar-refractivity contribution in [2.24, 2.45) is 0 Å². The number of anilines is 1. The van der Waals surface area contributed by atoms with Gasteiger partial charge in [0.2, 0.25) is 0 Å². The number of rotatable bonds is 6. The predicted octanol–water partition coefficient (Wildman–Crippen LogP) is 4.38. The summed E-state index contributed by atoms with van der Waals surface area (Å²) in [5.74, 6) is 0.218. The van der Waals surface area contributed by atoms with E-state index in [4.69, 9.17) is 4.74 Å². The second-order valence-electron chi connectivity index (χ2n) is 7.44. The molecule has 148 valence electrons. The molecule has 2 aromatic rings. The van der Waals surface area contributed by atoms with Crippen molar-refractivity contribution in [1.82, 2.24) is 5.32 Å². The third-order valence-corrected chi connectivity index (χ3v) is 5.23. The lowest BCUT2D eigenvalue weighted by molar-refractivity contribution is -0.118. The van der Waals surface area contributed by atoms with Crippen LogP contribution in [0.4, 0.5) is 5.69 Å². The molecule has 5 nitrogen and oxygen atoms in total. The number of carbonyl (C=O) groups is 2. The summed E-state index contributed by atoms with van der Waals surface area (Å²) < 4.78 is 5.59. The average molecular weight is 380 g/mol. The van der Waals surface area contributed by atoms with Crippen LogP contribution >= 0.6 is 0 Å². The minimum Gasteiger partial charge on any atom is -0.484 e. The fraction of sp³-hybridized carbons (Fsp3) is 0.391. The highest BCUT2D eigenvalue weighted by molar-refractivity contribution is 6.04. The van der Waals surface area contributed by atoms with Crippen LogP contribution in [0.3, 0.4) is 0 Å². The Morgan fingerprint density at radius 2 is 1.75 bits per heavy atom. The van der Waals surface area contributed by atoms with E-state index in [0.29, 0.717) is 17.0 Å². The Morgan fingerprint density at radius 3 is 2.50 bits per heavy atom. The van der Waals surface area contributed by atoms with Crippen molar-refractivity contribution in [3.8, 4) is 5.75 Å². The van der Waals surface area contributed by atoms with E-state index in [9.17, 15) is 9.59 Å². The Hall–Kier alpha value is -2.82. The van der Waals surface area contributed by atoms with Gasteiger partial charge in [-0.05, 0) is 62.1 Å². The van der Waals surface area contributed by atoms with Gasteiger partial charge in [-0.15, -0.1) is 0 Å². The van der Waals surface area contributed by atoms with E-state index in [1.165, 1.54) is 12.0 Å². The highest BCUT2D eigenvalue weighted by Crippen LogP contribution is 2.20. The van der Waals surface area contributed by atoms with Gasteiger partial charge in [-0.1, -0.05) is 37.5 Å². The maximum absolute atomic E-state index is 12.7. The van der Waals surface area contributed by atoms with E-state index in [1.54, 1.807) is 24.3 Å². The molecule has 0 spiro atoms. The van der Waals surface area contributed by atoms with Crippen LogP contribution in [-0.2, 0) is 4.79 Å². The molecular formula is C23H28N2O3. The molecule has 0 saturated heterocycles. The molecule has 2 N–H and O–H groups in total. The quantitative estimate of drug-likeness (QED) is 0.781. The monoisotopic (exact) mass is 380 g/mol. The molecule has 0 bridgehead atoms. The van der Waals surface area contributed by atoms with E-state index in [-0.39, 0.29) is 24.5 Å². The Kier molecular flexibility index (Phi) is 6.69. The third kappa shape index (κ3) is 5.35. The van der Waals surface area contributed by atoms with Crippen LogP contribution in [0.15, 0.2) is 42.5 Å². The summed E-state index contributed by atoms with van der Waals surface area (Å²) in [4.78, 5) is 25.0. The van der Waals surface area contributed by atoms with Gasteiger partial charge in [0.05, 0.1) is 11.3 Å². The Labute approximate surface area is 166 Å². The topological polar surface area (TPSA) is 67.4 Å². The molecular weight excluding hydrogens is 352 g/mol. The van der Waals surface area contributed by atoms with E-state index < -0.39 is 0 Å². The van der Waals surface area contributed by atoms with E-state index in [2.05, 4.69) is 10.6 Å². The molecule has 0 atom stereocenters. The molecule has 0 aromatic heterocycles. The van der Waals surface area contributed by atoms with E-state index in [0.717, 1.165) is 31.2 Å². The number of nitrogens with one attached hydrogen (secondary N) is 2. The molecule has 28 heavy (non-hydrogen) atoms. The maximum Gasteiger partial charge on any atom is 0.262 e. The van der Waals surface area contributed by atoms with Crippen molar-refractivity contribution in [2.75, 3.05) is 11.9 Å². The standard InChI is InChI=1S/C23H28N2O3/c1-16-12-13-19(14-17(16)2)28-15-22(26)25-21-11-7-6-10-20(21)23(27)24-18-8-4-3-5-9-18/h6-7,10-14,18H,3-5,8-9,15H2,1-2H3,(H,24,27)(H,25,26). The summed E-state index contributed by atoms with van der Waals surface area (Å²) in [6, 6.07) is 13.0. The largest absolute Gasteiger partial charge is 0.484 e. The van der Waals surface area contributed by atoms with Gasteiger partial charge in [0.25, 0.3) is 11.8 Å². The fourth-order valence-electron chi connectivity index (χ4n) is 3.44. The second-order valence-corrected chi connectivity index (χ2v) is 7.44. The normalized spacial score (nSPS) is 14.4. The minimum atomic E-state index is -0.295. The summed E-state index contributed by atoms with van der Waals surface area (Å²) in [6.07, 6.45) is 5.58. The molecule has 2 aromatic carbocycles. The lowest BCUT2D eigenvalue weighted by atomic mass is 9.95. The van der Waals surface area contributed by atoms with Gasteiger partial charge in [0.1, 0.15) is 5.75 Å². The summed E-state index contributed by atoms with van der Waals surface area (Å²) in [7, 11) is 0. The summed E-state index contributed by atoms with van der Waals surface area (Å²) in [6.45, 7) is 3.92. The lowest BCUT2D eigenvalue weighted by Gasteiger charge is -2.23. The average Bonchev–Trinajstić information content (AvgIpc) is 2.70. The first-order valence-corrected chi connectivity index (χ1v) is 9.93. The van der Waals surface area contributed by atoms with Gasteiger partial charge < -0.3 is 15.4 Å². The highest BCUT2D eigenvalue weighted by atomic mass is 16.5. The molecule has 1 aliphatic carbocycles. The summed E-state index contributed by atoms with van der Waals surface area (Å²) in [5, 5.41) is 5.90. The van der Waals surface area contributed by atoms with Crippen LogP contribution in [-0.4, -0.2) is 24.5 Å². The number of para-hydroxylation sites is 1. The van der Waals surface area contributed by atoms with E-state index >= 15 is 0 Å². The zero-order valence-corrected chi connectivity index (χ0v) is 16.6. The van der Waals surface area contributed by atoms with Gasteiger partial charge in [-0.2, -0.15) is 0 Å². The molecule has 1 saturated carbocycles. The molecule has 1 fully saturated rings. The number of benzene rings is 2. The molecule has 1 aliphatic rings. The van der Waals surface area contributed by atoms with Gasteiger partial charge in [-0.25, -0.2) is 0 Å². The van der Waals surface area contributed by atoms with Crippen LogP contribution in [0.1, 0.15) is 53.6 Å². The zero-order chi connectivity index (χ0) is 19.9. The number of hydrogen-bond donors (Lipinski definition) is 2. The molecule has 0 radical (unpaired) electrons. The minimum absolute atomic E-state index is 0.110. The van der Waals surface area contributed by atoms with Crippen molar-refractivity contribution in [2.45, 2.75) is 52.0 Å². The van der Waals surface area contributed by atoms with Crippen LogP contribution in [0.25, 0.3) is 0 Å². The van der Waals surface area contributed by atoms with Crippen molar-refractivity contribution >= 4 is 17.5 Å². The molecule has 0 heterocycles. The van der Waals surface area contributed by atoms with Gasteiger partial charge in [0.15, 0.2) is 6.61 Å². The van der Waals surface area contributed by atoms with Crippen molar-refractivity contribution in [1.29, 1.82) is 0 Å². The zero-order valence-electron chi connectivity index (χ0n) is 16.6. The molecule has 0 unspecified atom stereocenters. The van der Waals surface area contributed by atoms with Gasteiger partial charge in [0, 0.05) is 6.04 Å². The van der Waals surface area contributed by atoms with Crippen LogP contribution in [0.5, 0.6) is 5.75 Å². The summed E-state index contributed by atoms with van der Waals surface area (Å²) in [5.41, 5.74) is 3.27. The Balaban J connectivity index is 1.59. The summed E-state index contributed by atoms with van der Waals surface area (Å²) >= 11 is 0. The third-order valence-electron chi connectivity index (χ3n) is 5.23. The molecule has 2 amide bonds. The Morgan fingerprint density at radius 1 is 1.00 bits per heavy atom. The van der Waals surface area contributed by atoms with Gasteiger partial charge >= 0.3 is 0 Å². The van der Waals surface area contributed by atoms with Crippen LogP contribution < -0.4 is 15.4 Å². The van der Waals surface area contributed by atoms with E-state index in [1.807, 2.05) is 32.0 Å². The van der Waals surface area contributed by atoms with Crippen molar-refractivity contribution in [3.05, 3.63) is 59.2 Å². The fourth-order valence-corrected chi connectivity index (χ4v) is 3.44. The highest BCUT2D eigenvalue weighted by Gasteiger charge is 2.19. The SMILES string of the molecule is Cc1ccc(OCC(=O)Nc2ccccc2C(=O)NC2CCCCC2)cc1C. The first kappa shape index (κ1) is 19.9. The molecule has 5 heteroatoms. The Bertz CT molecular complexity index is 841. The number of aryl methyl sites for hydroxylation is 2. The number of amides is 2. The lowest BCUT2D eigenvalue weighted by Crippen LogP contribution is -2.36. The van der Waals surface area contributed by atoms with Gasteiger partial charge in [-0.3, -0.25) is 9.59 Å². The smallest absolute Gasteiger partial charge is 0.262 e. The molecule has 3 rings (SSSR count). The first-order chi connectivity index (χ1) is 13.5. The number of carbonyl (C=O) groups excluding carboxylic acids is 2. The van der Waals surface area contributed by atoms with Crippen molar-refractivity contribution in [3.63, 3.8) is 0 Å². The van der Waals surface area contributed by atoms with Crippen molar-refractivity contribution < 1.29 is 14.3 Å². The van der Waals surface area contributed by atoms with Crippen LogP contribution in [0, 0.1) is 13.8 Å². The molecule has 0 aliphatic heterocycles. The number of ether oxygens (including phenoxy) is 1. The first-order valence-electron chi connectivity index (χ1n) is 9.93.